The van der Waals surface area contributed by atoms with Crippen molar-refractivity contribution in [3.63, 3.8) is 0 Å². The molecule has 0 aliphatic rings. The van der Waals surface area contributed by atoms with E-state index in [9.17, 15) is 13.2 Å². The highest BCUT2D eigenvalue weighted by Crippen LogP contribution is 2.30. The van der Waals surface area contributed by atoms with Gasteiger partial charge in [-0.15, -0.1) is 0 Å². The van der Waals surface area contributed by atoms with E-state index in [-0.39, 0.29) is 5.15 Å². The van der Waals surface area contributed by atoms with Crippen molar-refractivity contribution in [2.45, 2.75) is 25.8 Å². The van der Waals surface area contributed by atoms with E-state index in [0.29, 0.717) is 3.57 Å². The third-order valence-corrected chi connectivity index (χ3v) is 5.77. The van der Waals surface area contributed by atoms with Crippen LogP contribution in [0.1, 0.15) is 5.69 Å². The van der Waals surface area contributed by atoms with Crippen molar-refractivity contribution in [3.8, 4) is 0 Å². The van der Waals surface area contributed by atoms with Crippen molar-refractivity contribution in [2.24, 2.45) is 0 Å². The van der Waals surface area contributed by atoms with Gasteiger partial charge in [0.25, 0.3) is 0 Å². The number of alkyl halides is 3. The average molecular weight is 380 g/mol. The molecule has 1 nitrogen and oxygen atoms in total. The predicted octanol–water partition coefficient (Wildman–Crippen LogP) is 3.90. The molecular formula is C9H10ClF3INSi. The van der Waals surface area contributed by atoms with E-state index in [4.69, 9.17) is 11.6 Å². The SMILES string of the molecule is C[Si](C)(C)c1c(I)cc(C(F)(F)F)nc1Cl. The molecule has 0 aliphatic heterocycles. The van der Waals surface area contributed by atoms with Crippen molar-refractivity contribution >= 4 is 47.5 Å². The molecule has 0 bridgehead atoms. The summed E-state index contributed by atoms with van der Waals surface area (Å²) < 4.78 is 37.9. The van der Waals surface area contributed by atoms with Crippen LogP contribution in [0.5, 0.6) is 0 Å². The zero-order valence-corrected chi connectivity index (χ0v) is 12.8. The maximum Gasteiger partial charge on any atom is 0.433 e. The molecule has 90 valence electrons. The summed E-state index contributed by atoms with van der Waals surface area (Å²) in [5.41, 5.74) is -0.927. The first-order valence-electron chi connectivity index (χ1n) is 4.47. The largest absolute Gasteiger partial charge is 0.433 e. The highest BCUT2D eigenvalue weighted by Gasteiger charge is 2.35. The van der Waals surface area contributed by atoms with E-state index in [0.717, 1.165) is 11.3 Å². The van der Waals surface area contributed by atoms with Gasteiger partial charge in [-0.1, -0.05) is 31.2 Å². The molecule has 0 radical (unpaired) electrons. The zero-order chi connectivity index (χ0) is 12.7. The van der Waals surface area contributed by atoms with Gasteiger partial charge in [0.15, 0.2) is 0 Å². The van der Waals surface area contributed by atoms with E-state index >= 15 is 0 Å². The van der Waals surface area contributed by atoms with Gasteiger partial charge in [0.1, 0.15) is 10.8 Å². The van der Waals surface area contributed by atoms with Gasteiger partial charge >= 0.3 is 6.18 Å². The molecule has 0 aliphatic carbocycles. The summed E-state index contributed by atoms with van der Waals surface area (Å²) in [6.45, 7) is 6.06. The summed E-state index contributed by atoms with van der Waals surface area (Å²) in [5.74, 6) is 0. The second-order valence-electron chi connectivity index (χ2n) is 4.40. The van der Waals surface area contributed by atoms with Crippen LogP contribution in [0, 0.1) is 3.57 Å². The smallest absolute Gasteiger partial charge is 0.232 e. The fourth-order valence-electron chi connectivity index (χ4n) is 1.30. The summed E-state index contributed by atoms with van der Waals surface area (Å²) in [5, 5.41) is 0.765. The Bertz CT molecular complexity index is 391. The number of hydrogen-bond donors (Lipinski definition) is 0. The molecule has 1 heterocycles. The molecule has 0 amide bonds. The number of hydrogen-bond acceptors (Lipinski definition) is 1. The Morgan fingerprint density at radius 2 is 1.81 bits per heavy atom. The van der Waals surface area contributed by atoms with Crippen molar-refractivity contribution < 1.29 is 13.2 Å². The Morgan fingerprint density at radius 3 is 2.12 bits per heavy atom. The van der Waals surface area contributed by atoms with Crippen molar-refractivity contribution in [2.75, 3.05) is 0 Å². The highest BCUT2D eigenvalue weighted by molar-refractivity contribution is 14.1. The molecule has 1 aromatic heterocycles. The van der Waals surface area contributed by atoms with E-state index in [1.807, 2.05) is 42.2 Å². The number of aromatic nitrogens is 1. The molecule has 16 heavy (non-hydrogen) atoms. The molecule has 0 N–H and O–H groups in total. The minimum atomic E-state index is -4.44. The van der Waals surface area contributed by atoms with Gasteiger partial charge in [0.2, 0.25) is 0 Å². The van der Waals surface area contributed by atoms with E-state index < -0.39 is 19.9 Å². The molecule has 0 atom stereocenters. The van der Waals surface area contributed by atoms with Crippen LogP contribution in [-0.4, -0.2) is 13.1 Å². The second-order valence-corrected chi connectivity index (χ2v) is 10.9. The molecule has 0 spiro atoms. The lowest BCUT2D eigenvalue weighted by molar-refractivity contribution is -0.141. The molecule has 0 aromatic carbocycles. The maximum atomic E-state index is 12.5. The van der Waals surface area contributed by atoms with Crippen LogP contribution >= 0.6 is 34.2 Å². The van der Waals surface area contributed by atoms with Crippen LogP contribution in [0.2, 0.25) is 24.8 Å². The molecular weight excluding hydrogens is 370 g/mol. The molecule has 1 rings (SSSR count). The van der Waals surface area contributed by atoms with Crippen LogP contribution in [-0.2, 0) is 6.18 Å². The van der Waals surface area contributed by atoms with Crippen molar-refractivity contribution in [1.82, 2.24) is 4.98 Å². The Labute approximate surface area is 112 Å². The monoisotopic (exact) mass is 379 g/mol. The van der Waals surface area contributed by atoms with Gasteiger partial charge in [-0.3, -0.25) is 0 Å². The minimum absolute atomic E-state index is 0.0154. The summed E-state index contributed by atoms with van der Waals surface area (Å²) in [7, 11) is -1.77. The molecule has 0 unspecified atom stereocenters. The zero-order valence-electron chi connectivity index (χ0n) is 8.91. The molecule has 0 saturated carbocycles. The van der Waals surface area contributed by atoms with Crippen LogP contribution in [0.25, 0.3) is 0 Å². The lowest BCUT2D eigenvalue weighted by atomic mass is 10.3. The Hall–Kier alpha value is 0.177. The first-order valence-corrected chi connectivity index (χ1v) is 9.43. The molecule has 7 heteroatoms. The van der Waals surface area contributed by atoms with E-state index in [1.165, 1.54) is 0 Å². The molecule has 0 fully saturated rings. The Kier molecular flexibility index (Phi) is 3.96. The lowest BCUT2D eigenvalue weighted by Gasteiger charge is -2.20. The van der Waals surface area contributed by atoms with Crippen LogP contribution in [0.3, 0.4) is 0 Å². The van der Waals surface area contributed by atoms with Gasteiger partial charge < -0.3 is 0 Å². The predicted molar refractivity (Wildman–Crippen MR) is 69.9 cm³/mol. The number of halogens is 5. The first kappa shape index (κ1) is 14.2. The topological polar surface area (TPSA) is 12.9 Å². The fraction of sp³-hybridized carbons (Fsp3) is 0.444. The second kappa shape index (κ2) is 4.45. The summed E-state index contributed by atoms with van der Waals surface area (Å²) in [6.07, 6.45) is -4.44. The standard InChI is InChI=1S/C9H10ClF3INSi/c1-16(2,3)7-5(14)4-6(9(11,12)13)15-8(7)10/h4H,1-3H3. The maximum absolute atomic E-state index is 12.5. The fourth-order valence-corrected chi connectivity index (χ4v) is 6.94. The highest BCUT2D eigenvalue weighted by atomic mass is 127. The number of rotatable bonds is 1. The van der Waals surface area contributed by atoms with E-state index in [1.54, 1.807) is 0 Å². The van der Waals surface area contributed by atoms with Gasteiger partial charge in [-0.05, 0) is 33.8 Å². The lowest BCUT2D eigenvalue weighted by Crippen LogP contribution is -2.41. The van der Waals surface area contributed by atoms with Crippen LogP contribution < -0.4 is 5.19 Å². The van der Waals surface area contributed by atoms with E-state index in [2.05, 4.69) is 4.98 Å². The minimum Gasteiger partial charge on any atom is -0.232 e. The van der Waals surface area contributed by atoms with Crippen LogP contribution in [0.15, 0.2) is 6.07 Å². The Balaban J connectivity index is 3.41. The first-order chi connectivity index (χ1) is 7.03. The van der Waals surface area contributed by atoms with Gasteiger partial charge in [0, 0.05) is 3.57 Å². The molecule has 1 aromatic rings. The van der Waals surface area contributed by atoms with Gasteiger partial charge in [-0.25, -0.2) is 4.98 Å². The summed E-state index contributed by atoms with van der Waals surface area (Å²) in [6, 6.07) is 1.06. The normalized spacial score (nSPS) is 13.0. The average Bonchev–Trinajstić information content (AvgIpc) is 1.97. The van der Waals surface area contributed by atoms with Crippen LogP contribution in [0.4, 0.5) is 13.2 Å². The third-order valence-electron chi connectivity index (χ3n) is 1.97. The third kappa shape index (κ3) is 3.10. The quantitative estimate of drug-likeness (QED) is 0.410. The molecule has 0 saturated heterocycles. The summed E-state index contributed by atoms with van der Waals surface area (Å²) in [4.78, 5) is 3.44. The van der Waals surface area contributed by atoms with Crippen molar-refractivity contribution in [1.29, 1.82) is 0 Å². The van der Waals surface area contributed by atoms with Gasteiger partial charge in [-0.2, -0.15) is 13.2 Å². The number of pyridine rings is 1. The summed E-state index contributed by atoms with van der Waals surface area (Å²) >= 11 is 7.73. The Morgan fingerprint density at radius 1 is 1.31 bits per heavy atom. The van der Waals surface area contributed by atoms with Gasteiger partial charge in [0.05, 0.1) is 8.07 Å². The van der Waals surface area contributed by atoms with Crippen molar-refractivity contribution in [3.05, 3.63) is 20.5 Å². The number of nitrogens with zero attached hydrogens (tertiary/aromatic N) is 1.